The molecule has 0 fully saturated rings. The average molecular weight is 144 g/mol. The molecule has 1 unspecified atom stereocenters. The number of carbonyl (C=O) groups is 1. The van der Waals surface area contributed by atoms with Crippen molar-refractivity contribution < 1.29 is 9.90 Å². The van der Waals surface area contributed by atoms with E-state index in [1.165, 1.54) is 0 Å². The number of aliphatic hydroxyl groups is 1. The Morgan fingerprint density at radius 3 is 2.00 bits per heavy atom. The van der Waals surface area contributed by atoms with Gasteiger partial charge in [0.05, 0.1) is 0 Å². The molecule has 0 radical (unpaired) electrons. The zero-order valence-electron chi connectivity index (χ0n) is 6.92. The number of hydrogen-bond donors (Lipinski definition) is 1. The first-order chi connectivity index (χ1) is 4.58. The molecule has 0 heterocycles. The molecule has 0 amide bonds. The first-order valence-electron chi connectivity index (χ1n) is 3.77. The molecule has 2 heteroatoms. The molecule has 1 N–H and O–H groups in total. The highest BCUT2D eigenvalue weighted by Gasteiger charge is 2.27. The third-order valence-corrected chi connectivity index (χ3v) is 2.05. The van der Waals surface area contributed by atoms with Crippen LogP contribution in [0, 0.1) is 5.92 Å². The van der Waals surface area contributed by atoms with Gasteiger partial charge in [-0.05, 0) is 12.8 Å². The normalized spacial score (nSPS) is 16.9. The van der Waals surface area contributed by atoms with E-state index in [1.54, 1.807) is 6.92 Å². The van der Waals surface area contributed by atoms with Gasteiger partial charge in [0.1, 0.15) is 5.60 Å². The summed E-state index contributed by atoms with van der Waals surface area (Å²) in [6.45, 7) is 5.52. The minimum Gasteiger partial charge on any atom is -0.382 e. The summed E-state index contributed by atoms with van der Waals surface area (Å²) in [5.74, 6) is 0.102. The van der Waals surface area contributed by atoms with Crippen molar-refractivity contribution in [1.82, 2.24) is 0 Å². The number of hydrogen-bond acceptors (Lipinski definition) is 2. The molecule has 0 aromatic rings. The van der Waals surface area contributed by atoms with E-state index >= 15 is 0 Å². The number of carbonyl (C=O) groups excluding carboxylic acids is 1. The van der Waals surface area contributed by atoms with Crippen LogP contribution in [0.5, 0.6) is 0 Å². The second-order valence-corrected chi connectivity index (χ2v) is 2.86. The van der Waals surface area contributed by atoms with Crippen molar-refractivity contribution in [3.8, 4) is 0 Å². The lowest BCUT2D eigenvalue weighted by Crippen LogP contribution is -2.35. The van der Waals surface area contributed by atoms with Crippen molar-refractivity contribution in [2.75, 3.05) is 0 Å². The monoisotopic (exact) mass is 144 g/mol. The van der Waals surface area contributed by atoms with Gasteiger partial charge in [0, 0.05) is 0 Å². The molecule has 1 atom stereocenters. The lowest BCUT2D eigenvalue weighted by atomic mass is 9.86. The Morgan fingerprint density at radius 2 is 1.90 bits per heavy atom. The fraction of sp³-hybridized carbons (Fsp3) is 0.875. The van der Waals surface area contributed by atoms with E-state index in [0.29, 0.717) is 6.29 Å². The van der Waals surface area contributed by atoms with Crippen LogP contribution < -0.4 is 0 Å². The zero-order chi connectivity index (χ0) is 8.20. The topological polar surface area (TPSA) is 37.3 Å². The fourth-order valence-electron chi connectivity index (χ4n) is 1.21. The van der Waals surface area contributed by atoms with Crippen LogP contribution in [-0.2, 0) is 4.79 Å². The van der Waals surface area contributed by atoms with Gasteiger partial charge in [-0.1, -0.05) is 26.7 Å². The van der Waals surface area contributed by atoms with Gasteiger partial charge >= 0.3 is 0 Å². The minimum atomic E-state index is -1.12. The minimum absolute atomic E-state index is 0.102. The third kappa shape index (κ3) is 2.10. The molecule has 0 aliphatic carbocycles. The summed E-state index contributed by atoms with van der Waals surface area (Å²) < 4.78 is 0. The molecule has 0 aromatic carbocycles. The quantitative estimate of drug-likeness (QED) is 0.605. The zero-order valence-corrected chi connectivity index (χ0v) is 6.92. The lowest BCUT2D eigenvalue weighted by Gasteiger charge is -2.25. The number of rotatable bonds is 4. The van der Waals surface area contributed by atoms with E-state index < -0.39 is 5.60 Å². The maximum atomic E-state index is 10.3. The summed E-state index contributed by atoms with van der Waals surface area (Å²) in [4.78, 5) is 10.3. The van der Waals surface area contributed by atoms with E-state index in [0.717, 1.165) is 12.8 Å². The molecule has 0 aromatic heterocycles. The van der Waals surface area contributed by atoms with Crippen LogP contribution in [0.25, 0.3) is 0 Å². The van der Waals surface area contributed by atoms with Crippen molar-refractivity contribution in [2.24, 2.45) is 5.92 Å². The van der Waals surface area contributed by atoms with Gasteiger partial charge in [-0.3, -0.25) is 0 Å². The molecule has 0 spiro atoms. The van der Waals surface area contributed by atoms with Crippen molar-refractivity contribution in [2.45, 2.75) is 39.2 Å². The van der Waals surface area contributed by atoms with Gasteiger partial charge < -0.3 is 9.90 Å². The van der Waals surface area contributed by atoms with Crippen LogP contribution in [0.4, 0.5) is 0 Å². The summed E-state index contributed by atoms with van der Waals surface area (Å²) in [6.07, 6.45) is 2.33. The second-order valence-electron chi connectivity index (χ2n) is 2.86. The largest absolute Gasteiger partial charge is 0.382 e. The molecule has 60 valence electrons. The van der Waals surface area contributed by atoms with Crippen molar-refractivity contribution >= 4 is 6.29 Å². The van der Waals surface area contributed by atoms with Gasteiger partial charge in [-0.2, -0.15) is 0 Å². The maximum Gasteiger partial charge on any atom is 0.151 e. The first-order valence-corrected chi connectivity index (χ1v) is 3.77. The maximum absolute atomic E-state index is 10.3. The second kappa shape index (κ2) is 3.71. The summed E-state index contributed by atoms with van der Waals surface area (Å²) in [5, 5.41) is 9.41. The SMILES string of the molecule is CCC(CC)C(C)(O)C=O. The molecular formula is C8H16O2. The standard InChI is InChI=1S/C8H16O2/c1-4-7(5-2)8(3,10)6-9/h6-7,10H,4-5H2,1-3H3. The Bertz CT molecular complexity index is 104. The molecule has 0 rings (SSSR count). The molecule has 0 aliphatic heterocycles. The molecule has 0 aliphatic rings. The molecule has 0 bridgehead atoms. The highest BCUT2D eigenvalue weighted by Crippen LogP contribution is 2.21. The van der Waals surface area contributed by atoms with Crippen LogP contribution in [0.2, 0.25) is 0 Å². The Labute approximate surface area is 62.2 Å². The predicted molar refractivity (Wildman–Crippen MR) is 40.8 cm³/mol. The van der Waals surface area contributed by atoms with Crippen molar-refractivity contribution in [1.29, 1.82) is 0 Å². The van der Waals surface area contributed by atoms with E-state index in [2.05, 4.69) is 0 Å². The average Bonchev–Trinajstić information content (AvgIpc) is 1.90. The number of aldehydes is 1. The highest BCUT2D eigenvalue weighted by molar-refractivity contribution is 5.61. The van der Waals surface area contributed by atoms with Crippen LogP contribution in [0.3, 0.4) is 0 Å². The Balaban J connectivity index is 4.10. The van der Waals surface area contributed by atoms with E-state index in [4.69, 9.17) is 0 Å². The van der Waals surface area contributed by atoms with Gasteiger partial charge in [0.2, 0.25) is 0 Å². The van der Waals surface area contributed by atoms with Crippen molar-refractivity contribution in [3.05, 3.63) is 0 Å². The van der Waals surface area contributed by atoms with Crippen LogP contribution in [-0.4, -0.2) is 17.0 Å². The van der Waals surface area contributed by atoms with E-state index in [1.807, 2.05) is 13.8 Å². The van der Waals surface area contributed by atoms with Crippen molar-refractivity contribution in [3.63, 3.8) is 0 Å². The van der Waals surface area contributed by atoms with Gasteiger partial charge in [0.15, 0.2) is 6.29 Å². The summed E-state index contributed by atoms with van der Waals surface area (Å²) in [6, 6.07) is 0. The highest BCUT2D eigenvalue weighted by atomic mass is 16.3. The van der Waals surface area contributed by atoms with Crippen LogP contribution >= 0.6 is 0 Å². The molecule has 10 heavy (non-hydrogen) atoms. The van der Waals surface area contributed by atoms with Crippen LogP contribution in [0.1, 0.15) is 33.6 Å². The summed E-state index contributed by atoms with van der Waals surface area (Å²) >= 11 is 0. The molecule has 0 saturated carbocycles. The summed E-state index contributed by atoms with van der Waals surface area (Å²) in [7, 11) is 0. The van der Waals surface area contributed by atoms with Crippen LogP contribution in [0.15, 0.2) is 0 Å². The van der Waals surface area contributed by atoms with Gasteiger partial charge in [0.25, 0.3) is 0 Å². The molecule has 2 nitrogen and oxygen atoms in total. The fourth-order valence-corrected chi connectivity index (χ4v) is 1.21. The third-order valence-electron chi connectivity index (χ3n) is 2.05. The lowest BCUT2D eigenvalue weighted by molar-refractivity contribution is -0.127. The Hall–Kier alpha value is -0.370. The van der Waals surface area contributed by atoms with E-state index in [9.17, 15) is 9.90 Å². The van der Waals surface area contributed by atoms with E-state index in [-0.39, 0.29) is 5.92 Å². The Kier molecular flexibility index (Phi) is 3.58. The smallest absolute Gasteiger partial charge is 0.151 e. The van der Waals surface area contributed by atoms with Gasteiger partial charge in [-0.25, -0.2) is 0 Å². The summed E-state index contributed by atoms with van der Waals surface area (Å²) in [5.41, 5.74) is -1.12. The first kappa shape index (κ1) is 9.63. The molecular weight excluding hydrogens is 128 g/mol. The van der Waals surface area contributed by atoms with Gasteiger partial charge in [-0.15, -0.1) is 0 Å². The molecule has 0 saturated heterocycles. The predicted octanol–water partition coefficient (Wildman–Crippen LogP) is 1.37. The Morgan fingerprint density at radius 1 is 1.50 bits per heavy atom.